The van der Waals surface area contributed by atoms with Gasteiger partial charge in [0, 0.05) is 11.1 Å². The summed E-state index contributed by atoms with van der Waals surface area (Å²) in [5.41, 5.74) is 3.29. The van der Waals surface area contributed by atoms with Gasteiger partial charge >= 0.3 is 0 Å². The maximum atomic E-state index is 10.7. The first-order valence-corrected chi connectivity index (χ1v) is 5.06. The molecule has 0 amide bonds. The fraction of sp³-hybridized carbons (Fsp3) is 0.0714. The van der Waals surface area contributed by atoms with Crippen molar-refractivity contribution in [3.63, 3.8) is 0 Å². The largest absolute Gasteiger partial charge is 0.507 e. The topological polar surface area (TPSA) is 37.3 Å². The van der Waals surface area contributed by atoms with Gasteiger partial charge in [-0.25, -0.2) is 0 Å². The first-order valence-electron chi connectivity index (χ1n) is 5.06. The second-order valence-corrected chi connectivity index (χ2v) is 3.76. The quantitative estimate of drug-likeness (QED) is 0.776. The number of hydrogen-bond donors (Lipinski definition) is 1. The highest BCUT2D eigenvalue weighted by atomic mass is 16.3. The van der Waals surface area contributed by atoms with Gasteiger partial charge in [-0.3, -0.25) is 4.79 Å². The highest BCUT2D eigenvalue weighted by Gasteiger charge is 2.04. The van der Waals surface area contributed by atoms with Crippen molar-refractivity contribution in [3.8, 4) is 16.9 Å². The number of rotatable bonds is 2. The summed E-state index contributed by atoms with van der Waals surface area (Å²) in [5, 5.41) is 9.76. The number of hydrogen-bond acceptors (Lipinski definition) is 2. The Hall–Kier alpha value is -2.09. The average molecular weight is 212 g/mol. The van der Waals surface area contributed by atoms with Crippen LogP contribution in [0.15, 0.2) is 42.5 Å². The van der Waals surface area contributed by atoms with E-state index in [2.05, 4.69) is 0 Å². The predicted octanol–water partition coefficient (Wildman–Crippen LogP) is 3.18. The van der Waals surface area contributed by atoms with Crippen molar-refractivity contribution in [1.29, 1.82) is 0 Å². The van der Waals surface area contributed by atoms with Crippen LogP contribution in [-0.2, 0) is 0 Å². The molecule has 0 atom stereocenters. The molecule has 0 spiro atoms. The molecule has 2 rings (SSSR count). The monoisotopic (exact) mass is 212 g/mol. The van der Waals surface area contributed by atoms with Crippen molar-refractivity contribution in [2.45, 2.75) is 6.92 Å². The highest BCUT2D eigenvalue weighted by molar-refractivity contribution is 5.80. The maximum absolute atomic E-state index is 10.7. The molecule has 0 saturated heterocycles. The van der Waals surface area contributed by atoms with Gasteiger partial charge in [-0.05, 0) is 30.7 Å². The third kappa shape index (κ3) is 1.96. The Morgan fingerprint density at radius 2 is 1.94 bits per heavy atom. The van der Waals surface area contributed by atoms with Crippen molar-refractivity contribution in [2.24, 2.45) is 0 Å². The molecule has 0 radical (unpaired) electrons. The summed E-state index contributed by atoms with van der Waals surface area (Å²) < 4.78 is 0. The zero-order valence-electron chi connectivity index (χ0n) is 8.97. The minimum Gasteiger partial charge on any atom is -0.507 e. The van der Waals surface area contributed by atoms with Gasteiger partial charge in [0.05, 0.1) is 0 Å². The van der Waals surface area contributed by atoms with E-state index in [1.165, 1.54) is 0 Å². The van der Waals surface area contributed by atoms with Crippen LogP contribution in [0.1, 0.15) is 15.9 Å². The van der Waals surface area contributed by atoms with E-state index in [1.54, 1.807) is 24.3 Å². The Morgan fingerprint density at radius 1 is 1.12 bits per heavy atom. The minimum absolute atomic E-state index is 0.230. The molecule has 2 aromatic rings. The average Bonchev–Trinajstić information content (AvgIpc) is 2.32. The van der Waals surface area contributed by atoms with E-state index >= 15 is 0 Å². The van der Waals surface area contributed by atoms with Crippen LogP contribution in [0.4, 0.5) is 0 Å². The molecule has 0 unspecified atom stereocenters. The number of aryl methyl sites for hydroxylation is 1. The fourth-order valence-electron chi connectivity index (χ4n) is 1.66. The van der Waals surface area contributed by atoms with E-state index in [0.29, 0.717) is 5.56 Å². The van der Waals surface area contributed by atoms with Crippen LogP contribution in [0.5, 0.6) is 5.75 Å². The molecule has 80 valence electrons. The molecule has 0 aromatic heterocycles. The van der Waals surface area contributed by atoms with E-state index in [4.69, 9.17) is 0 Å². The lowest BCUT2D eigenvalue weighted by atomic mass is 10.0. The number of aromatic hydroxyl groups is 1. The van der Waals surface area contributed by atoms with E-state index < -0.39 is 0 Å². The Balaban J connectivity index is 2.57. The molecule has 0 heterocycles. The van der Waals surface area contributed by atoms with Crippen molar-refractivity contribution >= 4 is 6.29 Å². The number of benzene rings is 2. The van der Waals surface area contributed by atoms with E-state index in [0.717, 1.165) is 23.0 Å². The standard InChI is InChI=1S/C14H12O2/c1-10-5-6-14(16)13(7-10)12-4-2-3-11(8-12)9-15/h2-9,16H,1H3. The third-order valence-corrected chi connectivity index (χ3v) is 2.49. The van der Waals surface area contributed by atoms with Crippen LogP contribution in [-0.4, -0.2) is 11.4 Å². The van der Waals surface area contributed by atoms with Crippen molar-refractivity contribution in [3.05, 3.63) is 53.6 Å². The van der Waals surface area contributed by atoms with Crippen LogP contribution in [0.3, 0.4) is 0 Å². The maximum Gasteiger partial charge on any atom is 0.150 e. The van der Waals surface area contributed by atoms with Crippen LogP contribution in [0.25, 0.3) is 11.1 Å². The van der Waals surface area contributed by atoms with E-state index in [-0.39, 0.29) is 5.75 Å². The number of carbonyl (C=O) groups excluding carboxylic acids is 1. The van der Waals surface area contributed by atoms with Gasteiger partial charge in [0.15, 0.2) is 0 Å². The molecule has 2 aromatic carbocycles. The van der Waals surface area contributed by atoms with Gasteiger partial charge in [-0.1, -0.05) is 29.8 Å². The number of carbonyl (C=O) groups is 1. The number of phenols is 1. The zero-order chi connectivity index (χ0) is 11.5. The Bertz CT molecular complexity index is 530. The first-order chi connectivity index (χ1) is 7.70. The highest BCUT2D eigenvalue weighted by Crippen LogP contribution is 2.30. The summed E-state index contributed by atoms with van der Waals surface area (Å²) in [4.78, 5) is 10.7. The number of phenolic OH excluding ortho intramolecular Hbond substituents is 1. The van der Waals surface area contributed by atoms with Gasteiger partial charge in [0.1, 0.15) is 12.0 Å². The van der Waals surface area contributed by atoms with Crippen LogP contribution >= 0.6 is 0 Å². The summed E-state index contributed by atoms with van der Waals surface area (Å²) in [5.74, 6) is 0.230. The third-order valence-electron chi connectivity index (χ3n) is 2.49. The van der Waals surface area contributed by atoms with Crippen molar-refractivity contribution in [2.75, 3.05) is 0 Å². The minimum atomic E-state index is 0.230. The van der Waals surface area contributed by atoms with Crippen LogP contribution < -0.4 is 0 Å². The summed E-state index contributed by atoms with van der Waals surface area (Å²) in [6.07, 6.45) is 0.802. The second-order valence-electron chi connectivity index (χ2n) is 3.76. The van der Waals surface area contributed by atoms with E-state index in [1.807, 2.05) is 25.1 Å². The fourth-order valence-corrected chi connectivity index (χ4v) is 1.66. The number of aldehydes is 1. The normalized spacial score (nSPS) is 10.1. The van der Waals surface area contributed by atoms with Gasteiger partial charge in [-0.2, -0.15) is 0 Å². The lowest BCUT2D eigenvalue weighted by molar-refractivity contribution is 0.112. The van der Waals surface area contributed by atoms with Crippen molar-refractivity contribution in [1.82, 2.24) is 0 Å². The Morgan fingerprint density at radius 3 is 2.69 bits per heavy atom. The Labute approximate surface area is 94.2 Å². The molecule has 0 bridgehead atoms. The lowest BCUT2D eigenvalue weighted by Gasteiger charge is -2.06. The summed E-state index contributed by atoms with van der Waals surface area (Å²) in [7, 11) is 0. The van der Waals surface area contributed by atoms with Gasteiger partial charge in [-0.15, -0.1) is 0 Å². The molecule has 0 fully saturated rings. The molecular weight excluding hydrogens is 200 g/mol. The molecular formula is C14H12O2. The SMILES string of the molecule is Cc1ccc(O)c(-c2cccc(C=O)c2)c1. The zero-order valence-corrected chi connectivity index (χ0v) is 8.97. The molecule has 0 saturated carbocycles. The first kappa shape index (κ1) is 10.4. The molecule has 16 heavy (non-hydrogen) atoms. The Kier molecular flexibility index (Phi) is 2.73. The second kappa shape index (κ2) is 4.19. The molecule has 0 aliphatic heterocycles. The summed E-state index contributed by atoms with van der Waals surface area (Å²) >= 11 is 0. The van der Waals surface area contributed by atoms with Gasteiger partial charge in [0.25, 0.3) is 0 Å². The molecule has 2 heteroatoms. The lowest BCUT2D eigenvalue weighted by Crippen LogP contribution is -1.84. The molecule has 1 N–H and O–H groups in total. The summed E-state index contributed by atoms with van der Waals surface area (Å²) in [6.45, 7) is 1.96. The van der Waals surface area contributed by atoms with E-state index in [9.17, 15) is 9.90 Å². The van der Waals surface area contributed by atoms with Crippen molar-refractivity contribution < 1.29 is 9.90 Å². The smallest absolute Gasteiger partial charge is 0.150 e. The van der Waals surface area contributed by atoms with Gasteiger partial charge in [0.2, 0.25) is 0 Å². The molecule has 0 aliphatic carbocycles. The summed E-state index contributed by atoms with van der Waals surface area (Å²) in [6, 6.07) is 12.6. The van der Waals surface area contributed by atoms with Gasteiger partial charge < -0.3 is 5.11 Å². The predicted molar refractivity (Wildman–Crippen MR) is 63.7 cm³/mol. The molecule has 0 aliphatic rings. The molecule has 2 nitrogen and oxygen atoms in total. The van der Waals surface area contributed by atoms with Crippen LogP contribution in [0, 0.1) is 6.92 Å². The van der Waals surface area contributed by atoms with Crippen LogP contribution in [0.2, 0.25) is 0 Å².